The van der Waals surface area contributed by atoms with Gasteiger partial charge in [-0.15, -0.1) is 0 Å². The van der Waals surface area contributed by atoms with E-state index in [1.807, 2.05) is 7.11 Å². The van der Waals surface area contributed by atoms with Gasteiger partial charge in [0.05, 0.1) is 6.10 Å². The normalized spacial score (nSPS) is 50.9. The Bertz CT molecular complexity index is 559. The number of ether oxygens (including phenoxy) is 1. The van der Waals surface area contributed by atoms with Crippen LogP contribution in [0, 0.1) is 45.8 Å². The van der Waals surface area contributed by atoms with Gasteiger partial charge in [0.15, 0.2) is 0 Å². The number of fused-ring (bicyclic) bond motifs is 5. The molecule has 0 saturated heterocycles. The maximum absolute atomic E-state index is 10.6. The summed E-state index contributed by atoms with van der Waals surface area (Å²) in [5, 5.41) is 10.6. The fourth-order valence-corrected chi connectivity index (χ4v) is 9.20. The third kappa shape index (κ3) is 3.63. The molecule has 4 aliphatic carbocycles. The van der Waals surface area contributed by atoms with Gasteiger partial charge in [-0.3, -0.25) is 0 Å². The van der Waals surface area contributed by atoms with Crippen LogP contribution in [0.25, 0.3) is 0 Å². The van der Waals surface area contributed by atoms with Gasteiger partial charge in [-0.2, -0.15) is 0 Å². The van der Waals surface area contributed by atoms with E-state index in [-0.39, 0.29) is 13.5 Å². The Hall–Kier alpha value is -0.0800. The van der Waals surface area contributed by atoms with Crippen LogP contribution >= 0.6 is 0 Å². The van der Waals surface area contributed by atoms with E-state index in [2.05, 4.69) is 27.7 Å². The zero-order valence-electron chi connectivity index (χ0n) is 19.3. The Morgan fingerprint density at radius 1 is 0.897 bits per heavy atom. The maximum atomic E-state index is 10.6. The van der Waals surface area contributed by atoms with Gasteiger partial charge in [0.25, 0.3) is 0 Å². The molecule has 0 aromatic carbocycles. The second-order valence-electron chi connectivity index (χ2n) is 12.1. The summed E-state index contributed by atoms with van der Waals surface area (Å²) in [5.41, 5.74) is 1.39. The first-order valence-electron chi connectivity index (χ1n) is 12.4. The topological polar surface area (TPSA) is 29.5 Å². The smallest absolute Gasteiger partial charge is 0.0545 e. The van der Waals surface area contributed by atoms with Gasteiger partial charge in [-0.1, -0.05) is 34.6 Å². The summed E-state index contributed by atoms with van der Waals surface area (Å²) < 4.78 is 5.56. The van der Waals surface area contributed by atoms with Crippen LogP contribution in [0.5, 0.6) is 0 Å². The molecule has 4 aliphatic rings. The molecule has 0 spiro atoms. The van der Waals surface area contributed by atoms with Crippen LogP contribution in [0.2, 0.25) is 0 Å². The number of rotatable bonds is 3. The molecule has 0 amide bonds. The molecule has 9 atom stereocenters. The Morgan fingerprint density at radius 2 is 1.59 bits per heavy atom. The summed E-state index contributed by atoms with van der Waals surface area (Å²) in [5.74, 6) is 3.94. The van der Waals surface area contributed by atoms with Gasteiger partial charge in [0.2, 0.25) is 0 Å². The molecule has 0 aliphatic heterocycles. The lowest BCUT2D eigenvalue weighted by atomic mass is 9.39. The van der Waals surface area contributed by atoms with E-state index >= 15 is 0 Å². The lowest BCUT2D eigenvalue weighted by Gasteiger charge is -2.65. The Morgan fingerprint density at radius 3 is 2.28 bits per heavy atom. The Balaban J connectivity index is 0.00000240. The van der Waals surface area contributed by atoms with E-state index in [1.54, 1.807) is 0 Å². The summed E-state index contributed by atoms with van der Waals surface area (Å²) in [4.78, 5) is 0. The Labute approximate surface area is 181 Å². The van der Waals surface area contributed by atoms with Crippen LogP contribution in [0.15, 0.2) is 0 Å². The highest BCUT2D eigenvalue weighted by molar-refractivity contribution is 5.11. The molecule has 2 heteroatoms. The molecule has 0 aromatic heterocycles. The molecule has 0 aromatic rings. The van der Waals surface area contributed by atoms with E-state index in [0.717, 1.165) is 30.3 Å². The summed E-state index contributed by atoms with van der Waals surface area (Å²) >= 11 is 0. The maximum Gasteiger partial charge on any atom is 0.0545 e. The van der Waals surface area contributed by atoms with E-state index in [1.165, 1.54) is 70.6 Å². The average Bonchev–Trinajstić information content (AvgIpc) is 2.78. The quantitative estimate of drug-likeness (QED) is 0.542. The monoisotopic (exact) mass is 406 g/mol. The van der Waals surface area contributed by atoms with Gasteiger partial charge < -0.3 is 9.84 Å². The van der Waals surface area contributed by atoms with Crippen molar-refractivity contribution >= 4 is 0 Å². The van der Waals surface area contributed by atoms with Crippen LogP contribution in [0.3, 0.4) is 0 Å². The van der Waals surface area contributed by atoms with Crippen molar-refractivity contribution in [3.8, 4) is 0 Å². The predicted octanol–water partition coefficient (Wildman–Crippen LogP) is 7.10. The molecule has 29 heavy (non-hydrogen) atoms. The average molecular weight is 407 g/mol. The first kappa shape index (κ1) is 23.6. The number of methoxy groups -OCH3 is 1. The highest BCUT2D eigenvalue weighted by atomic mass is 16.5. The SMILES string of the molecule is C.COCC1CCC2(C)CCC3C4CCCC(C(C)O)C4(C)CCC3C2(C)CC1. The highest BCUT2D eigenvalue weighted by Gasteiger charge is 2.61. The summed E-state index contributed by atoms with van der Waals surface area (Å²) in [6.07, 6.45) is 15.0. The number of aliphatic hydroxyl groups is 1. The molecular formula is C27H50O2. The largest absolute Gasteiger partial charge is 0.393 e. The standard InChI is InChI=1S/C26H46O2.CH4/c1-18(27)21-7-6-8-22-20-11-14-24(2)13-9-19(17-28-5)10-16-26(24,4)23(20)12-15-25(21,22)3;/h18-23,27H,6-17H2,1-5H3;1H4. The predicted molar refractivity (Wildman–Crippen MR) is 123 cm³/mol. The van der Waals surface area contributed by atoms with Gasteiger partial charge in [0, 0.05) is 13.7 Å². The van der Waals surface area contributed by atoms with Crippen LogP contribution in [0.4, 0.5) is 0 Å². The van der Waals surface area contributed by atoms with Crippen LogP contribution in [-0.4, -0.2) is 24.9 Å². The highest BCUT2D eigenvalue weighted by Crippen LogP contribution is 2.69. The lowest BCUT2D eigenvalue weighted by molar-refractivity contribution is -0.171. The molecule has 9 unspecified atom stereocenters. The lowest BCUT2D eigenvalue weighted by Crippen LogP contribution is -2.58. The molecule has 2 nitrogen and oxygen atoms in total. The number of hydrogen-bond acceptors (Lipinski definition) is 2. The number of aliphatic hydroxyl groups excluding tert-OH is 1. The van der Waals surface area contributed by atoms with Crippen molar-refractivity contribution in [1.29, 1.82) is 0 Å². The van der Waals surface area contributed by atoms with Crippen molar-refractivity contribution in [3.05, 3.63) is 0 Å². The zero-order chi connectivity index (χ0) is 20.2. The summed E-state index contributed by atoms with van der Waals surface area (Å²) in [6, 6.07) is 0. The molecule has 4 saturated carbocycles. The van der Waals surface area contributed by atoms with Gasteiger partial charge in [0.1, 0.15) is 0 Å². The first-order valence-corrected chi connectivity index (χ1v) is 12.4. The Kier molecular flexibility index (Phi) is 6.87. The molecule has 170 valence electrons. The van der Waals surface area contributed by atoms with Crippen molar-refractivity contribution in [2.75, 3.05) is 13.7 Å². The number of hydrogen-bond donors (Lipinski definition) is 1. The van der Waals surface area contributed by atoms with Crippen molar-refractivity contribution in [2.24, 2.45) is 45.8 Å². The summed E-state index contributed by atoms with van der Waals surface area (Å²) in [7, 11) is 1.88. The van der Waals surface area contributed by atoms with Crippen molar-refractivity contribution < 1.29 is 9.84 Å². The third-order valence-corrected chi connectivity index (χ3v) is 11.1. The van der Waals surface area contributed by atoms with Gasteiger partial charge >= 0.3 is 0 Å². The second kappa shape index (κ2) is 8.45. The fraction of sp³-hybridized carbons (Fsp3) is 1.00. The minimum absolute atomic E-state index is 0. The molecule has 1 N–H and O–H groups in total. The van der Waals surface area contributed by atoms with Gasteiger partial charge in [-0.25, -0.2) is 0 Å². The minimum atomic E-state index is -0.138. The van der Waals surface area contributed by atoms with Crippen LogP contribution < -0.4 is 0 Å². The van der Waals surface area contributed by atoms with E-state index in [0.29, 0.717) is 22.2 Å². The van der Waals surface area contributed by atoms with E-state index < -0.39 is 0 Å². The molecule has 0 bridgehead atoms. The molecular weight excluding hydrogens is 356 g/mol. The second-order valence-corrected chi connectivity index (χ2v) is 12.1. The fourth-order valence-electron chi connectivity index (χ4n) is 9.20. The van der Waals surface area contributed by atoms with Crippen LogP contribution in [-0.2, 0) is 4.74 Å². The zero-order valence-corrected chi connectivity index (χ0v) is 19.3. The van der Waals surface area contributed by atoms with Crippen molar-refractivity contribution in [1.82, 2.24) is 0 Å². The molecule has 0 heterocycles. The minimum Gasteiger partial charge on any atom is -0.393 e. The van der Waals surface area contributed by atoms with E-state index in [4.69, 9.17) is 4.74 Å². The van der Waals surface area contributed by atoms with Crippen molar-refractivity contribution in [3.63, 3.8) is 0 Å². The van der Waals surface area contributed by atoms with Gasteiger partial charge in [-0.05, 0) is 117 Å². The third-order valence-electron chi connectivity index (χ3n) is 11.1. The summed E-state index contributed by atoms with van der Waals surface area (Å²) in [6.45, 7) is 10.9. The molecule has 4 rings (SSSR count). The van der Waals surface area contributed by atoms with E-state index in [9.17, 15) is 5.11 Å². The molecule has 0 radical (unpaired) electrons. The van der Waals surface area contributed by atoms with Crippen molar-refractivity contribution in [2.45, 2.75) is 112 Å². The van der Waals surface area contributed by atoms with Crippen LogP contribution in [0.1, 0.15) is 106 Å². The molecule has 4 fully saturated rings. The first-order chi connectivity index (χ1) is 13.2.